The molecule has 3 rings (SSSR count). The smallest absolute Gasteiger partial charge is 0.420 e. The summed E-state index contributed by atoms with van der Waals surface area (Å²) in [5.74, 6) is -0.992. The number of esters is 1. The molecule has 0 amide bonds. The zero-order chi connectivity index (χ0) is 15.7. The van der Waals surface area contributed by atoms with Crippen LogP contribution in [0.15, 0.2) is 56.1 Å². The van der Waals surface area contributed by atoms with Gasteiger partial charge in [-0.3, -0.25) is 4.57 Å². The lowest BCUT2D eigenvalue weighted by atomic mass is 10.3. The average Bonchev–Trinajstić information content (AvgIpc) is 2.78. The van der Waals surface area contributed by atoms with E-state index in [9.17, 15) is 9.59 Å². The van der Waals surface area contributed by atoms with Crippen molar-refractivity contribution in [3.63, 3.8) is 0 Å². The second-order valence-electron chi connectivity index (χ2n) is 4.47. The number of ether oxygens (including phenoxy) is 1. The molecule has 0 aliphatic heterocycles. The van der Waals surface area contributed by atoms with Crippen LogP contribution in [0, 0.1) is 0 Å². The van der Waals surface area contributed by atoms with Crippen LogP contribution in [0.4, 0.5) is 0 Å². The Labute approximate surface area is 138 Å². The summed E-state index contributed by atoms with van der Waals surface area (Å²) >= 11 is 9.25. The van der Waals surface area contributed by atoms with Crippen LogP contribution in [0.25, 0.3) is 11.1 Å². The molecule has 112 valence electrons. The largest absolute Gasteiger partial charge is 0.424 e. The Hall–Kier alpha value is -2.05. The first-order chi connectivity index (χ1) is 10.5. The molecular weight excluding hydrogens is 374 g/mol. The SMILES string of the molecule is O=C(Cn1c(=O)oc2ccccc21)Oc1ccc(Br)cc1Cl. The average molecular weight is 383 g/mol. The number of halogens is 2. The maximum atomic E-state index is 12.0. The highest BCUT2D eigenvalue weighted by molar-refractivity contribution is 9.10. The minimum Gasteiger partial charge on any atom is -0.424 e. The lowest BCUT2D eigenvalue weighted by Gasteiger charge is -2.06. The van der Waals surface area contributed by atoms with E-state index in [4.69, 9.17) is 20.8 Å². The van der Waals surface area contributed by atoms with Crippen LogP contribution in [0.5, 0.6) is 5.75 Å². The number of benzene rings is 2. The number of hydrogen-bond donors (Lipinski definition) is 0. The number of carbonyl (C=O) groups is 1. The van der Waals surface area contributed by atoms with Gasteiger partial charge in [-0.2, -0.15) is 0 Å². The molecule has 0 fully saturated rings. The van der Waals surface area contributed by atoms with Crippen LogP contribution in [-0.4, -0.2) is 10.5 Å². The number of para-hydroxylation sites is 2. The predicted octanol–water partition coefficient (Wildman–Crippen LogP) is 3.62. The highest BCUT2D eigenvalue weighted by Gasteiger charge is 2.15. The summed E-state index contributed by atoms with van der Waals surface area (Å²) in [6.45, 7) is -0.262. The Balaban J connectivity index is 1.84. The van der Waals surface area contributed by atoms with Crippen molar-refractivity contribution in [1.29, 1.82) is 0 Å². The number of oxazole rings is 1. The summed E-state index contributed by atoms with van der Waals surface area (Å²) in [4.78, 5) is 23.8. The van der Waals surface area contributed by atoms with Crippen LogP contribution >= 0.6 is 27.5 Å². The zero-order valence-electron chi connectivity index (χ0n) is 11.1. The molecule has 0 aliphatic rings. The number of rotatable bonds is 3. The number of aromatic nitrogens is 1. The molecular formula is C15H9BrClNO4. The Morgan fingerprint density at radius 3 is 2.82 bits per heavy atom. The maximum absolute atomic E-state index is 12.0. The van der Waals surface area contributed by atoms with Gasteiger partial charge >= 0.3 is 11.7 Å². The van der Waals surface area contributed by atoms with Gasteiger partial charge in [0.2, 0.25) is 0 Å². The van der Waals surface area contributed by atoms with E-state index in [2.05, 4.69) is 15.9 Å². The summed E-state index contributed by atoms with van der Waals surface area (Å²) < 4.78 is 12.2. The zero-order valence-corrected chi connectivity index (χ0v) is 13.4. The normalized spacial score (nSPS) is 10.8. The third-order valence-corrected chi connectivity index (χ3v) is 3.77. The maximum Gasteiger partial charge on any atom is 0.420 e. The van der Waals surface area contributed by atoms with Crippen molar-refractivity contribution < 1.29 is 13.9 Å². The van der Waals surface area contributed by atoms with Gasteiger partial charge in [0.25, 0.3) is 0 Å². The summed E-state index contributed by atoms with van der Waals surface area (Å²) in [5, 5.41) is 0.298. The van der Waals surface area contributed by atoms with Crippen molar-refractivity contribution in [3.05, 3.63) is 62.5 Å². The third-order valence-electron chi connectivity index (χ3n) is 2.98. The quantitative estimate of drug-likeness (QED) is 0.513. The van der Waals surface area contributed by atoms with Crippen molar-refractivity contribution in [3.8, 4) is 5.75 Å². The van der Waals surface area contributed by atoms with E-state index in [0.29, 0.717) is 16.1 Å². The van der Waals surface area contributed by atoms with Gasteiger partial charge < -0.3 is 9.15 Å². The summed E-state index contributed by atoms with van der Waals surface area (Å²) in [6.07, 6.45) is 0. The minimum atomic E-state index is -0.613. The molecule has 0 atom stereocenters. The van der Waals surface area contributed by atoms with Crippen LogP contribution in [0.2, 0.25) is 5.02 Å². The first-order valence-electron chi connectivity index (χ1n) is 6.29. The van der Waals surface area contributed by atoms with Crippen LogP contribution < -0.4 is 10.5 Å². The fourth-order valence-electron chi connectivity index (χ4n) is 2.01. The van der Waals surface area contributed by atoms with Crippen LogP contribution in [0.1, 0.15) is 0 Å². The van der Waals surface area contributed by atoms with Gasteiger partial charge in [0.1, 0.15) is 12.3 Å². The number of fused-ring (bicyclic) bond motifs is 1. The lowest BCUT2D eigenvalue weighted by molar-refractivity contribution is -0.135. The molecule has 0 N–H and O–H groups in total. The monoisotopic (exact) mass is 381 g/mol. The van der Waals surface area contributed by atoms with E-state index in [1.165, 1.54) is 4.57 Å². The van der Waals surface area contributed by atoms with E-state index in [-0.39, 0.29) is 12.3 Å². The molecule has 7 heteroatoms. The Morgan fingerprint density at radius 2 is 2.05 bits per heavy atom. The molecule has 5 nitrogen and oxygen atoms in total. The van der Waals surface area contributed by atoms with E-state index < -0.39 is 11.7 Å². The standard InChI is InChI=1S/C15H9BrClNO4/c16-9-5-6-12(10(17)7-9)21-14(19)8-18-11-3-1-2-4-13(11)22-15(18)20/h1-7H,8H2. The Morgan fingerprint density at radius 1 is 1.27 bits per heavy atom. The second-order valence-corrected chi connectivity index (χ2v) is 5.79. The third kappa shape index (κ3) is 2.93. The van der Waals surface area contributed by atoms with E-state index in [1.807, 2.05) is 0 Å². The minimum absolute atomic E-state index is 0.232. The highest BCUT2D eigenvalue weighted by Crippen LogP contribution is 2.27. The molecule has 0 spiro atoms. The molecule has 0 saturated carbocycles. The fraction of sp³-hybridized carbons (Fsp3) is 0.0667. The van der Waals surface area contributed by atoms with Gasteiger partial charge in [-0.25, -0.2) is 9.59 Å². The molecule has 0 radical (unpaired) electrons. The van der Waals surface area contributed by atoms with Gasteiger partial charge in [0.15, 0.2) is 5.58 Å². The summed E-state index contributed by atoms with van der Waals surface area (Å²) in [7, 11) is 0. The second kappa shape index (κ2) is 5.98. The molecule has 2 aromatic carbocycles. The topological polar surface area (TPSA) is 61.4 Å². The molecule has 0 saturated heterocycles. The van der Waals surface area contributed by atoms with Crippen molar-refractivity contribution in [2.24, 2.45) is 0 Å². The highest BCUT2D eigenvalue weighted by atomic mass is 79.9. The van der Waals surface area contributed by atoms with Crippen molar-refractivity contribution in [2.45, 2.75) is 6.54 Å². The number of carbonyl (C=O) groups excluding carboxylic acids is 1. The van der Waals surface area contributed by atoms with Gasteiger partial charge in [-0.05, 0) is 30.3 Å². The Kier molecular flexibility index (Phi) is 4.04. The molecule has 1 aromatic heterocycles. The summed E-state index contributed by atoms with van der Waals surface area (Å²) in [5.41, 5.74) is 0.952. The van der Waals surface area contributed by atoms with E-state index in [0.717, 1.165) is 4.47 Å². The fourth-order valence-corrected chi connectivity index (χ4v) is 2.72. The molecule has 0 unspecified atom stereocenters. The van der Waals surface area contributed by atoms with Crippen LogP contribution in [-0.2, 0) is 11.3 Å². The van der Waals surface area contributed by atoms with Gasteiger partial charge in [-0.1, -0.05) is 39.7 Å². The molecule has 0 aliphatic carbocycles. The predicted molar refractivity (Wildman–Crippen MR) is 85.3 cm³/mol. The summed E-state index contributed by atoms with van der Waals surface area (Å²) in [6, 6.07) is 11.7. The van der Waals surface area contributed by atoms with Gasteiger partial charge in [0.05, 0.1) is 10.5 Å². The van der Waals surface area contributed by atoms with Gasteiger partial charge in [-0.15, -0.1) is 0 Å². The van der Waals surface area contributed by atoms with Gasteiger partial charge in [0, 0.05) is 4.47 Å². The van der Waals surface area contributed by atoms with Crippen molar-refractivity contribution >= 4 is 44.6 Å². The number of hydrogen-bond acceptors (Lipinski definition) is 4. The molecule has 0 bridgehead atoms. The molecule has 3 aromatic rings. The molecule has 22 heavy (non-hydrogen) atoms. The molecule has 1 heterocycles. The Bertz CT molecular complexity index is 915. The first-order valence-corrected chi connectivity index (χ1v) is 7.46. The first kappa shape index (κ1) is 14.9. The number of nitrogens with zero attached hydrogens (tertiary/aromatic N) is 1. The van der Waals surface area contributed by atoms with Crippen LogP contribution in [0.3, 0.4) is 0 Å². The van der Waals surface area contributed by atoms with Crippen molar-refractivity contribution in [1.82, 2.24) is 4.57 Å². The van der Waals surface area contributed by atoms with E-state index in [1.54, 1.807) is 42.5 Å². The van der Waals surface area contributed by atoms with Crippen molar-refractivity contribution in [2.75, 3.05) is 0 Å². The lowest BCUT2D eigenvalue weighted by Crippen LogP contribution is -2.23. The van der Waals surface area contributed by atoms with E-state index >= 15 is 0 Å².